The lowest BCUT2D eigenvalue weighted by molar-refractivity contribution is -0.117. The molecule has 0 spiro atoms. The number of carbonyl (C=O) groups is 1. The topological polar surface area (TPSA) is 62.5 Å². The molecule has 22 heavy (non-hydrogen) atoms. The summed E-state index contributed by atoms with van der Waals surface area (Å²) in [5.41, 5.74) is 2.09. The molecule has 2 atom stereocenters. The SMILES string of the molecule is O=C(/C=C/SCc1ccco1)NC1c2ccccc2CC1O. The fourth-order valence-electron chi connectivity index (χ4n) is 2.58. The van der Waals surface area contributed by atoms with Crippen molar-refractivity contribution in [2.45, 2.75) is 24.3 Å². The van der Waals surface area contributed by atoms with Crippen LogP contribution >= 0.6 is 11.8 Å². The molecule has 1 aliphatic rings. The molecule has 0 fully saturated rings. The molecule has 0 aliphatic heterocycles. The lowest BCUT2D eigenvalue weighted by Gasteiger charge is -2.16. The number of carbonyl (C=O) groups excluding carboxylic acids is 1. The summed E-state index contributed by atoms with van der Waals surface area (Å²) in [5.74, 6) is 1.36. The van der Waals surface area contributed by atoms with Crippen molar-refractivity contribution < 1.29 is 14.3 Å². The van der Waals surface area contributed by atoms with Crippen molar-refractivity contribution in [1.82, 2.24) is 5.32 Å². The Morgan fingerprint density at radius 2 is 2.23 bits per heavy atom. The van der Waals surface area contributed by atoms with Crippen LogP contribution in [0.4, 0.5) is 0 Å². The maximum Gasteiger partial charge on any atom is 0.245 e. The van der Waals surface area contributed by atoms with Crippen molar-refractivity contribution in [3.63, 3.8) is 0 Å². The monoisotopic (exact) mass is 315 g/mol. The van der Waals surface area contributed by atoms with Crippen LogP contribution in [0.2, 0.25) is 0 Å². The predicted octanol–water partition coefficient (Wildman–Crippen LogP) is 2.80. The van der Waals surface area contributed by atoms with Crippen molar-refractivity contribution >= 4 is 17.7 Å². The van der Waals surface area contributed by atoms with Crippen molar-refractivity contribution in [1.29, 1.82) is 0 Å². The van der Waals surface area contributed by atoms with E-state index < -0.39 is 6.10 Å². The maximum atomic E-state index is 12.0. The first-order chi connectivity index (χ1) is 10.7. The predicted molar refractivity (Wildman–Crippen MR) is 86.2 cm³/mol. The second-order valence-electron chi connectivity index (χ2n) is 5.15. The van der Waals surface area contributed by atoms with Crippen LogP contribution in [0.5, 0.6) is 0 Å². The fourth-order valence-corrected chi connectivity index (χ4v) is 3.23. The van der Waals surface area contributed by atoms with Crippen molar-refractivity contribution in [2.75, 3.05) is 0 Å². The average Bonchev–Trinajstić information content (AvgIpc) is 3.13. The van der Waals surface area contributed by atoms with E-state index in [1.165, 1.54) is 17.8 Å². The Hall–Kier alpha value is -1.98. The van der Waals surface area contributed by atoms with Gasteiger partial charge in [-0.1, -0.05) is 24.3 Å². The van der Waals surface area contributed by atoms with Gasteiger partial charge in [0.15, 0.2) is 0 Å². The van der Waals surface area contributed by atoms with Crippen LogP contribution in [0.25, 0.3) is 0 Å². The number of hydrogen-bond acceptors (Lipinski definition) is 4. The van der Waals surface area contributed by atoms with E-state index in [2.05, 4.69) is 5.32 Å². The number of nitrogens with one attached hydrogen (secondary N) is 1. The van der Waals surface area contributed by atoms with Crippen LogP contribution in [0.1, 0.15) is 22.9 Å². The molecule has 2 aromatic rings. The molecule has 0 radical (unpaired) electrons. The third-order valence-corrected chi connectivity index (χ3v) is 4.40. The van der Waals surface area contributed by atoms with Crippen molar-refractivity contribution in [2.24, 2.45) is 0 Å². The normalized spacial score (nSPS) is 20.2. The highest BCUT2D eigenvalue weighted by atomic mass is 32.2. The zero-order chi connectivity index (χ0) is 15.4. The van der Waals surface area contributed by atoms with E-state index in [4.69, 9.17) is 4.42 Å². The first-order valence-corrected chi connectivity index (χ1v) is 8.16. The Bertz CT molecular complexity index is 666. The van der Waals surface area contributed by atoms with Crippen molar-refractivity contribution in [3.05, 3.63) is 71.0 Å². The molecule has 1 aromatic heterocycles. The second-order valence-corrected chi connectivity index (χ2v) is 6.04. The number of fused-ring (bicyclic) bond motifs is 1. The molecule has 4 nitrogen and oxygen atoms in total. The summed E-state index contributed by atoms with van der Waals surface area (Å²) in [7, 11) is 0. The van der Waals surface area contributed by atoms with Gasteiger partial charge in [-0.05, 0) is 28.7 Å². The van der Waals surface area contributed by atoms with Gasteiger partial charge in [-0.15, -0.1) is 11.8 Å². The van der Waals surface area contributed by atoms with E-state index in [0.29, 0.717) is 12.2 Å². The maximum absolute atomic E-state index is 12.0. The minimum atomic E-state index is -0.564. The third-order valence-electron chi connectivity index (χ3n) is 3.62. The number of benzene rings is 1. The minimum absolute atomic E-state index is 0.201. The number of aliphatic hydroxyl groups excluding tert-OH is 1. The van der Waals surface area contributed by atoms with Crippen LogP contribution in [0, 0.1) is 0 Å². The van der Waals surface area contributed by atoms with Gasteiger partial charge in [0.1, 0.15) is 5.76 Å². The minimum Gasteiger partial charge on any atom is -0.468 e. The van der Waals surface area contributed by atoms with Gasteiger partial charge in [-0.3, -0.25) is 4.79 Å². The van der Waals surface area contributed by atoms with E-state index in [1.807, 2.05) is 36.4 Å². The zero-order valence-corrected chi connectivity index (χ0v) is 12.8. The first kappa shape index (κ1) is 14.9. The number of rotatable bonds is 5. The van der Waals surface area contributed by atoms with Crippen LogP contribution in [-0.2, 0) is 17.0 Å². The van der Waals surface area contributed by atoms with E-state index in [9.17, 15) is 9.90 Å². The van der Waals surface area contributed by atoms with Gasteiger partial charge in [0, 0.05) is 12.5 Å². The molecule has 5 heteroatoms. The highest BCUT2D eigenvalue weighted by molar-refractivity contribution is 8.01. The summed E-state index contributed by atoms with van der Waals surface area (Å²) >= 11 is 1.49. The van der Waals surface area contributed by atoms with E-state index >= 15 is 0 Å². The van der Waals surface area contributed by atoms with Gasteiger partial charge < -0.3 is 14.8 Å². The molecule has 3 rings (SSSR count). The summed E-state index contributed by atoms with van der Waals surface area (Å²) < 4.78 is 5.21. The van der Waals surface area contributed by atoms with E-state index in [0.717, 1.165) is 16.9 Å². The lowest BCUT2D eigenvalue weighted by Crippen LogP contribution is -2.32. The summed E-state index contributed by atoms with van der Waals surface area (Å²) in [6, 6.07) is 11.2. The third kappa shape index (κ3) is 3.43. The molecule has 1 aliphatic carbocycles. The van der Waals surface area contributed by atoms with Crippen molar-refractivity contribution in [3.8, 4) is 0 Å². The molecular weight excluding hydrogens is 298 g/mol. The Morgan fingerprint density at radius 3 is 3.05 bits per heavy atom. The number of amides is 1. The number of hydrogen-bond donors (Lipinski definition) is 2. The van der Waals surface area contributed by atoms with Gasteiger partial charge in [-0.2, -0.15) is 0 Å². The quantitative estimate of drug-likeness (QED) is 0.833. The van der Waals surface area contributed by atoms with Gasteiger partial charge in [-0.25, -0.2) is 0 Å². The molecule has 0 saturated heterocycles. The molecule has 114 valence electrons. The molecule has 2 unspecified atom stereocenters. The average molecular weight is 315 g/mol. The second kappa shape index (κ2) is 6.85. The molecular formula is C17H17NO3S. The molecule has 1 amide bonds. The Balaban J connectivity index is 1.53. The van der Waals surface area contributed by atoms with Crippen LogP contribution < -0.4 is 5.32 Å². The summed E-state index contributed by atoms with van der Waals surface area (Å²) in [6.07, 6.45) is 3.13. The first-order valence-electron chi connectivity index (χ1n) is 7.11. The summed E-state index contributed by atoms with van der Waals surface area (Å²) in [4.78, 5) is 12.0. The van der Waals surface area contributed by atoms with Gasteiger partial charge in [0.25, 0.3) is 0 Å². The Labute approximate surface area is 133 Å². The molecule has 1 heterocycles. The molecule has 2 N–H and O–H groups in total. The number of furan rings is 1. The number of thioether (sulfide) groups is 1. The molecule has 0 bridgehead atoms. The number of aliphatic hydroxyl groups is 1. The standard InChI is InChI=1S/C17H17NO3S/c19-15-10-12-4-1-2-6-14(12)17(15)18-16(20)7-9-22-11-13-5-3-8-21-13/h1-9,15,17,19H,10-11H2,(H,18,20)/b9-7+. The highest BCUT2D eigenvalue weighted by Gasteiger charge is 2.31. The fraction of sp³-hybridized carbons (Fsp3) is 0.235. The smallest absolute Gasteiger partial charge is 0.245 e. The lowest BCUT2D eigenvalue weighted by atomic mass is 10.1. The van der Waals surface area contributed by atoms with Crippen LogP contribution in [0.3, 0.4) is 0 Å². The van der Waals surface area contributed by atoms with Gasteiger partial charge in [0.2, 0.25) is 5.91 Å². The van der Waals surface area contributed by atoms with Crippen LogP contribution in [0.15, 0.2) is 58.6 Å². The summed E-state index contributed by atoms with van der Waals surface area (Å²) in [6.45, 7) is 0. The van der Waals surface area contributed by atoms with E-state index in [1.54, 1.807) is 11.7 Å². The largest absolute Gasteiger partial charge is 0.468 e. The molecule has 1 aromatic carbocycles. The highest BCUT2D eigenvalue weighted by Crippen LogP contribution is 2.31. The van der Waals surface area contributed by atoms with Gasteiger partial charge in [0.05, 0.1) is 24.2 Å². The summed E-state index contributed by atoms with van der Waals surface area (Å²) in [5, 5.41) is 14.7. The van der Waals surface area contributed by atoms with Crippen LogP contribution in [-0.4, -0.2) is 17.1 Å². The zero-order valence-electron chi connectivity index (χ0n) is 11.9. The molecule has 0 saturated carbocycles. The Morgan fingerprint density at radius 1 is 1.36 bits per heavy atom. The van der Waals surface area contributed by atoms with E-state index in [-0.39, 0.29) is 11.9 Å². The Kier molecular flexibility index (Phi) is 4.65. The van der Waals surface area contributed by atoms with Gasteiger partial charge >= 0.3 is 0 Å².